The number of methoxy groups -OCH3 is 1. The maximum Gasteiger partial charge on any atom is 0.494 e. The average molecular weight is 558 g/mol. The minimum absolute atomic E-state index is 0.00914. The van der Waals surface area contributed by atoms with Crippen molar-refractivity contribution in [1.82, 2.24) is 0 Å². The van der Waals surface area contributed by atoms with Gasteiger partial charge in [0.1, 0.15) is 18.2 Å². The number of rotatable bonds is 7. The molecular formula is C30H40BFO8. The van der Waals surface area contributed by atoms with Gasteiger partial charge in [-0.25, -0.2) is 9.18 Å². The molecule has 3 aliphatic carbocycles. The molecule has 10 heteroatoms. The number of benzene rings is 1. The standard InChI is InChI=1S/C30H40BFO8/c1-17-8-10-30-11-9-21(37-5)26(30)29(17,4)22(14-28(3,12-13-33)27(35)18(30)2)40-23(34)16-38-20-7-6-19-15-39-31(36)24(19)25(20)32/h6-7,13,17-18,21-22,26,36H,8-12,14-16H2,1-5H3/t17-,18+,21-,22-,26-,28-,29+,30+/m1/s1. The maximum atomic E-state index is 15.0. The zero-order chi connectivity index (χ0) is 29.0. The van der Waals surface area contributed by atoms with Gasteiger partial charge < -0.3 is 28.7 Å². The molecule has 8 atom stereocenters. The van der Waals surface area contributed by atoms with Gasteiger partial charge >= 0.3 is 13.1 Å². The van der Waals surface area contributed by atoms with Crippen LogP contribution in [0.1, 0.15) is 71.8 Å². The average Bonchev–Trinajstić information content (AvgIpc) is 3.51. The number of halogens is 1. The van der Waals surface area contributed by atoms with Gasteiger partial charge in [0, 0.05) is 41.7 Å². The number of ketones is 1. The molecule has 0 aromatic heterocycles. The Hall–Kier alpha value is -2.30. The molecule has 40 heavy (non-hydrogen) atoms. The van der Waals surface area contributed by atoms with Crippen molar-refractivity contribution in [3.05, 3.63) is 23.5 Å². The van der Waals surface area contributed by atoms with E-state index in [9.17, 15) is 19.4 Å². The number of esters is 1. The number of ether oxygens (including phenoxy) is 3. The maximum absolute atomic E-state index is 15.0. The van der Waals surface area contributed by atoms with Crippen LogP contribution in [0.3, 0.4) is 0 Å². The van der Waals surface area contributed by atoms with Gasteiger partial charge in [0.2, 0.25) is 0 Å². The predicted octanol–water partition coefficient (Wildman–Crippen LogP) is 3.39. The summed E-state index contributed by atoms with van der Waals surface area (Å²) in [4.78, 5) is 39.2. The molecule has 0 saturated heterocycles. The highest BCUT2D eigenvalue weighted by Crippen LogP contribution is 2.68. The van der Waals surface area contributed by atoms with Crippen LogP contribution < -0.4 is 10.2 Å². The fourth-order valence-electron chi connectivity index (χ4n) is 8.73. The molecule has 3 fully saturated rings. The van der Waals surface area contributed by atoms with E-state index in [-0.39, 0.29) is 65.7 Å². The molecule has 3 saturated carbocycles. The molecule has 1 aromatic carbocycles. The minimum atomic E-state index is -1.39. The number of hydrogen-bond acceptors (Lipinski definition) is 8. The molecule has 5 rings (SSSR count). The molecule has 1 aliphatic heterocycles. The first-order chi connectivity index (χ1) is 18.9. The van der Waals surface area contributed by atoms with Crippen molar-refractivity contribution in [3.8, 4) is 5.75 Å². The van der Waals surface area contributed by atoms with Crippen molar-refractivity contribution in [3.63, 3.8) is 0 Å². The van der Waals surface area contributed by atoms with E-state index in [1.54, 1.807) is 13.2 Å². The lowest BCUT2D eigenvalue weighted by atomic mass is 9.44. The molecule has 218 valence electrons. The van der Waals surface area contributed by atoms with Gasteiger partial charge in [-0.2, -0.15) is 0 Å². The number of fused-ring (bicyclic) bond motifs is 1. The van der Waals surface area contributed by atoms with Gasteiger partial charge in [-0.05, 0) is 55.1 Å². The van der Waals surface area contributed by atoms with Crippen LogP contribution in [0.15, 0.2) is 12.1 Å². The summed E-state index contributed by atoms with van der Waals surface area (Å²) in [5.41, 5.74) is -1.29. The van der Waals surface area contributed by atoms with Crippen LogP contribution in [0, 0.1) is 39.8 Å². The van der Waals surface area contributed by atoms with E-state index in [2.05, 4.69) is 13.8 Å². The molecule has 0 amide bonds. The first-order valence-electron chi connectivity index (χ1n) is 14.4. The normalized spacial score (nSPS) is 38.7. The highest BCUT2D eigenvalue weighted by molar-refractivity contribution is 6.61. The topological polar surface area (TPSA) is 108 Å². The van der Waals surface area contributed by atoms with Gasteiger partial charge in [-0.3, -0.25) is 4.79 Å². The Morgan fingerprint density at radius 1 is 1.25 bits per heavy atom. The van der Waals surface area contributed by atoms with Gasteiger partial charge in [-0.15, -0.1) is 0 Å². The second-order valence-electron chi connectivity index (χ2n) is 12.9. The Bertz CT molecular complexity index is 1190. The lowest BCUT2D eigenvalue weighted by Gasteiger charge is -2.61. The zero-order valence-electron chi connectivity index (χ0n) is 24.0. The fraction of sp³-hybridized carbons (Fsp3) is 0.700. The highest BCUT2D eigenvalue weighted by atomic mass is 19.1. The fourth-order valence-corrected chi connectivity index (χ4v) is 8.73. The van der Waals surface area contributed by atoms with Crippen LogP contribution in [0.2, 0.25) is 0 Å². The van der Waals surface area contributed by atoms with Crippen LogP contribution in [-0.4, -0.2) is 56.1 Å². The van der Waals surface area contributed by atoms with E-state index in [1.807, 2.05) is 13.8 Å². The van der Waals surface area contributed by atoms with Crippen LogP contribution in [0.4, 0.5) is 4.39 Å². The number of carbonyl (C=O) groups excluding carboxylic acids is 3. The van der Waals surface area contributed by atoms with Crippen molar-refractivity contribution in [2.75, 3.05) is 13.7 Å². The van der Waals surface area contributed by atoms with Gasteiger partial charge in [0.15, 0.2) is 18.2 Å². The molecule has 2 bridgehead atoms. The molecule has 1 N–H and O–H groups in total. The van der Waals surface area contributed by atoms with Crippen molar-refractivity contribution in [2.45, 2.75) is 85.0 Å². The largest absolute Gasteiger partial charge is 0.494 e. The molecule has 1 aromatic rings. The molecular weight excluding hydrogens is 518 g/mol. The van der Waals surface area contributed by atoms with Crippen LogP contribution in [0.5, 0.6) is 5.75 Å². The summed E-state index contributed by atoms with van der Waals surface area (Å²) >= 11 is 0. The number of carbonyl (C=O) groups is 3. The highest BCUT2D eigenvalue weighted by Gasteiger charge is 2.68. The SMILES string of the molecule is CO[C@@H]1CC[C@@]23CC[C@@H](C)[C@@](C)([C@H](OC(=O)COc4ccc5c(c4F)B(O)OC5)C[C@@](C)(CC=O)C(=O)[C@@H]2C)[C@@H]13. The Kier molecular flexibility index (Phi) is 7.68. The third-order valence-electron chi connectivity index (χ3n) is 11.2. The van der Waals surface area contributed by atoms with E-state index in [0.717, 1.165) is 32.0 Å². The molecule has 1 heterocycles. The Morgan fingerprint density at radius 3 is 2.67 bits per heavy atom. The lowest BCUT2D eigenvalue weighted by Crippen LogP contribution is -2.63. The first-order valence-corrected chi connectivity index (χ1v) is 14.4. The zero-order valence-corrected chi connectivity index (χ0v) is 24.0. The van der Waals surface area contributed by atoms with Crippen LogP contribution >= 0.6 is 0 Å². The smallest absolute Gasteiger partial charge is 0.479 e. The Morgan fingerprint density at radius 2 is 1.98 bits per heavy atom. The van der Waals surface area contributed by atoms with Crippen molar-refractivity contribution >= 4 is 30.6 Å². The third-order valence-corrected chi connectivity index (χ3v) is 11.2. The summed E-state index contributed by atoms with van der Waals surface area (Å²) in [6, 6.07) is 3.00. The molecule has 0 unspecified atom stereocenters. The monoisotopic (exact) mass is 558 g/mol. The van der Waals surface area contributed by atoms with Crippen LogP contribution in [-0.2, 0) is 35.1 Å². The lowest BCUT2D eigenvalue weighted by molar-refractivity contribution is -0.207. The molecule has 8 nitrogen and oxygen atoms in total. The Labute approximate surface area is 235 Å². The van der Waals surface area contributed by atoms with Gasteiger partial charge in [-0.1, -0.05) is 33.8 Å². The summed E-state index contributed by atoms with van der Waals surface area (Å²) in [6.07, 6.45) is 3.72. The van der Waals surface area contributed by atoms with Crippen molar-refractivity contribution in [2.24, 2.45) is 34.0 Å². The quantitative estimate of drug-likeness (QED) is 0.308. The van der Waals surface area contributed by atoms with Crippen molar-refractivity contribution in [1.29, 1.82) is 0 Å². The molecule has 0 radical (unpaired) electrons. The predicted molar refractivity (Wildman–Crippen MR) is 144 cm³/mol. The first kappa shape index (κ1) is 29.2. The summed E-state index contributed by atoms with van der Waals surface area (Å²) in [5, 5.41) is 9.94. The third kappa shape index (κ3) is 4.33. The summed E-state index contributed by atoms with van der Waals surface area (Å²) in [6.45, 7) is 7.69. The molecule has 4 aliphatic rings. The Balaban J connectivity index is 1.47. The summed E-state index contributed by atoms with van der Waals surface area (Å²) in [5.74, 6) is -1.70. The van der Waals surface area contributed by atoms with Crippen LogP contribution in [0.25, 0.3) is 0 Å². The number of hydrogen-bond donors (Lipinski definition) is 1. The summed E-state index contributed by atoms with van der Waals surface area (Å²) in [7, 11) is 0.320. The van der Waals surface area contributed by atoms with E-state index >= 15 is 4.39 Å². The van der Waals surface area contributed by atoms with Gasteiger partial charge in [0.05, 0.1) is 12.7 Å². The second-order valence-corrected chi connectivity index (χ2v) is 12.9. The van der Waals surface area contributed by atoms with E-state index in [1.165, 1.54) is 6.07 Å². The molecule has 0 spiro atoms. The second kappa shape index (κ2) is 10.5. The van der Waals surface area contributed by atoms with Crippen molar-refractivity contribution < 1.29 is 42.7 Å². The number of aldehydes is 1. The van der Waals surface area contributed by atoms with E-state index in [0.29, 0.717) is 5.56 Å². The number of Topliss-reactive ketones (excluding diaryl/α,β-unsaturated/α-hetero) is 1. The summed E-state index contributed by atoms with van der Waals surface area (Å²) < 4.78 is 37.8. The van der Waals surface area contributed by atoms with E-state index in [4.69, 9.17) is 18.9 Å². The van der Waals surface area contributed by atoms with Gasteiger partial charge in [0.25, 0.3) is 0 Å². The van der Waals surface area contributed by atoms with E-state index < -0.39 is 42.4 Å². The minimum Gasteiger partial charge on any atom is -0.479 e.